The van der Waals surface area contributed by atoms with Gasteiger partial charge in [-0.3, -0.25) is 4.79 Å². The minimum atomic E-state index is -0.629. The highest BCUT2D eigenvalue weighted by molar-refractivity contribution is 5.74. The lowest BCUT2D eigenvalue weighted by molar-refractivity contribution is -0.151. The van der Waals surface area contributed by atoms with Crippen molar-refractivity contribution in [2.75, 3.05) is 13.1 Å². The van der Waals surface area contributed by atoms with Gasteiger partial charge < -0.3 is 10.0 Å². The molecule has 16 heavy (non-hydrogen) atoms. The minimum absolute atomic E-state index is 0.485. The Bertz CT molecular complexity index is 232. The van der Waals surface area contributed by atoms with E-state index in [1.807, 2.05) is 6.92 Å². The normalized spacial score (nSPS) is 22.9. The molecule has 1 fully saturated rings. The molecule has 1 saturated heterocycles. The van der Waals surface area contributed by atoms with Crippen LogP contribution in [-0.2, 0) is 4.79 Å². The molecule has 3 nitrogen and oxygen atoms in total. The molecule has 1 atom stereocenters. The van der Waals surface area contributed by atoms with Crippen molar-refractivity contribution in [3.63, 3.8) is 0 Å². The van der Waals surface area contributed by atoms with Gasteiger partial charge in [0.15, 0.2) is 0 Å². The molecule has 3 heteroatoms. The SMILES string of the molecule is CCCC(CC)N1CCC(C)(C(=O)O)CC1. The summed E-state index contributed by atoms with van der Waals surface area (Å²) in [4.78, 5) is 13.6. The van der Waals surface area contributed by atoms with Gasteiger partial charge in [0, 0.05) is 6.04 Å². The van der Waals surface area contributed by atoms with Crippen LogP contribution in [0.5, 0.6) is 0 Å². The molecule has 0 aromatic rings. The molecule has 0 aromatic heterocycles. The molecule has 0 spiro atoms. The van der Waals surface area contributed by atoms with E-state index >= 15 is 0 Å². The fourth-order valence-corrected chi connectivity index (χ4v) is 2.57. The zero-order valence-corrected chi connectivity index (χ0v) is 10.8. The van der Waals surface area contributed by atoms with Crippen LogP contribution in [0.3, 0.4) is 0 Å². The third-order valence-electron chi connectivity index (χ3n) is 4.03. The molecule has 0 bridgehead atoms. The largest absolute Gasteiger partial charge is 0.481 e. The summed E-state index contributed by atoms with van der Waals surface area (Å²) in [7, 11) is 0. The van der Waals surface area contributed by atoms with E-state index in [4.69, 9.17) is 5.11 Å². The molecule has 0 aromatic carbocycles. The maximum Gasteiger partial charge on any atom is 0.309 e. The summed E-state index contributed by atoms with van der Waals surface area (Å²) in [6.45, 7) is 8.22. The summed E-state index contributed by atoms with van der Waals surface area (Å²) in [5.41, 5.74) is -0.485. The molecule has 0 aliphatic carbocycles. The maximum atomic E-state index is 11.1. The number of hydrogen-bond acceptors (Lipinski definition) is 2. The third kappa shape index (κ3) is 2.97. The Morgan fingerprint density at radius 3 is 2.31 bits per heavy atom. The molecular weight excluding hydrogens is 202 g/mol. The van der Waals surface area contributed by atoms with E-state index < -0.39 is 11.4 Å². The number of piperidine rings is 1. The van der Waals surface area contributed by atoms with Crippen LogP contribution in [0.4, 0.5) is 0 Å². The molecule has 0 radical (unpaired) electrons. The second-order valence-electron chi connectivity index (χ2n) is 5.25. The van der Waals surface area contributed by atoms with Crippen molar-refractivity contribution in [3.05, 3.63) is 0 Å². The fourth-order valence-electron chi connectivity index (χ4n) is 2.57. The van der Waals surface area contributed by atoms with E-state index in [-0.39, 0.29) is 0 Å². The Balaban J connectivity index is 2.50. The number of carboxylic acids is 1. The predicted molar refractivity (Wildman–Crippen MR) is 65.5 cm³/mol. The molecule has 1 N–H and O–H groups in total. The van der Waals surface area contributed by atoms with Gasteiger partial charge in [-0.25, -0.2) is 0 Å². The second-order valence-corrected chi connectivity index (χ2v) is 5.25. The van der Waals surface area contributed by atoms with Crippen molar-refractivity contribution in [1.29, 1.82) is 0 Å². The Kier molecular flexibility index (Phi) is 4.78. The highest BCUT2D eigenvalue weighted by atomic mass is 16.4. The lowest BCUT2D eigenvalue weighted by Gasteiger charge is -2.40. The van der Waals surface area contributed by atoms with Crippen LogP contribution in [0.1, 0.15) is 52.9 Å². The van der Waals surface area contributed by atoms with Gasteiger partial charge in [-0.05, 0) is 45.7 Å². The van der Waals surface area contributed by atoms with Gasteiger partial charge in [0.2, 0.25) is 0 Å². The summed E-state index contributed by atoms with van der Waals surface area (Å²) in [5.74, 6) is -0.629. The first kappa shape index (κ1) is 13.5. The first-order valence-electron chi connectivity index (χ1n) is 6.51. The minimum Gasteiger partial charge on any atom is -0.481 e. The molecule has 1 aliphatic rings. The number of carbonyl (C=O) groups is 1. The zero-order valence-electron chi connectivity index (χ0n) is 10.8. The van der Waals surface area contributed by atoms with Crippen LogP contribution in [0, 0.1) is 5.41 Å². The van der Waals surface area contributed by atoms with Gasteiger partial charge in [0.1, 0.15) is 0 Å². The van der Waals surface area contributed by atoms with Gasteiger partial charge in [0.05, 0.1) is 5.41 Å². The van der Waals surface area contributed by atoms with Crippen LogP contribution in [0.25, 0.3) is 0 Å². The topological polar surface area (TPSA) is 40.5 Å². The Morgan fingerprint density at radius 1 is 1.38 bits per heavy atom. The molecule has 0 amide bonds. The van der Waals surface area contributed by atoms with Gasteiger partial charge in [0.25, 0.3) is 0 Å². The number of rotatable bonds is 5. The Labute approximate surface area is 98.8 Å². The van der Waals surface area contributed by atoms with E-state index in [1.54, 1.807) is 0 Å². The van der Waals surface area contributed by atoms with Gasteiger partial charge >= 0.3 is 5.97 Å². The van der Waals surface area contributed by atoms with Crippen molar-refractivity contribution in [2.45, 2.75) is 58.9 Å². The number of hydrogen-bond donors (Lipinski definition) is 1. The summed E-state index contributed by atoms with van der Waals surface area (Å²) >= 11 is 0. The van der Waals surface area contributed by atoms with E-state index in [1.165, 1.54) is 19.3 Å². The van der Waals surface area contributed by atoms with Crippen LogP contribution in [-0.4, -0.2) is 35.1 Å². The van der Waals surface area contributed by atoms with Gasteiger partial charge in [-0.1, -0.05) is 20.3 Å². The molecular formula is C13H25NO2. The second kappa shape index (κ2) is 5.67. The van der Waals surface area contributed by atoms with Crippen LogP contribution >= 0.6 is 0 Å². The van der Waals surface area contributed by atoms with Crippen molar-refractivity contribution in [2.24, 2.45) is 5.41 Å². The summed E-state index contributed by atoms with van der Waals surface area (Å²) in [5, 5.41) is 9.16. The van der Waals surface area contributed by atoms with Crippen molar-refractivity contribution >= 4 is 5.97 Å². The first-order chi connectivity index (χ1) is 7.53. The first-order valence-corrected chi connectivity index (χ1v) is 6.51. The lowest BCUT2D eigenvalue weighted by Crippen LogP contribution is -2.46. The molecule has 94 valence electrons. The Morgan fingerprint density at radius 2 is 1.94 bits per heavy atom. The van der Waals surface area contributed by atoms with Crippen molar-refractivity contribution < 1.29 is 9.90 Å². The zero-order chi connectivity index (χ0) is 12.2. The monoisotopic (exact) mass is 227 g/mol. The Hall–Kier alpha value is -0.570. The van der Waals surface area contributed by atoms with Gasteiger partial charge in [-0.2, -0.15) is 0 Å². The quantitative estimate of drug-likeness (QED) is 0.785. The fraction of sp³-hybridized carbons (Fsp3) is 0.923. The number of carboxylic acid groups (broad SMARTS) is 1. The highest BCUT2D eigenvalue weighted by Gasteiger charge is 2.37. The highest BCUT2D eigenvalue weighted by Crippen LogP contribution is 2.32. The van der Waals surface area contributed by atoms with E-state index in [9.17, 15) is 4.79 Å². The molecule has 1 rings (SSSR count). The lowest BCUT2D eigenvalue weighted by atomic mass is 9.80. The van der Waals surface area contributed by atoms with Crippen LogP contribution in [0.15, 0.2) is 0 Å². The number of likely N-dealkylation sites (tertiary alicyclic amines) is 1. The summed E-state index contributed by atoms with van der Waals surface area (Å²) < 4.78 is 0. The van der Waals surface area contributed by atoms with E-state index in [2.05, 4.69) is 18.7 Å². The average molecular weight is 227 g/mol. The summed E-state index contributed by atoms with van der Waals surface area (Å²) in [6, 6.07) is 0.656. The molecule has 1 heterocycles. The smallest absolute Gasteiger partial charge is 0.309 e. The number of nitrogens with zero attached hydrogens (tertiary/aromatic N) is 1. The standard InChI is InChI=1S/C13H25NO2/c1-4-6-11(5-2)14-9-7-13(3,8-10-14)12(15)16/h11H,4-10H2,1-3H3,(H,15,16). The van der Waals surface area contributed by atoms with E-state index in [0.29, 0.717) is 6.04 Å². The summed E-state index contributed by atoms with van der Waals surface area (Å²) in [6.07, 6.45) is 5.22. The van der Waals surface area contributed by atoms with Crippen LogP contribution in [0.2, 0.25) is 0 Å². The van der Waals surface area contributed by atoms with Crippen molar-refractivity contribution in [3.8, 4) is 0 Å². The average Bonchev–Trinajstić information content (AvgIpc) is 2.27. The predicted octanol–water partition coefficient (Wildman–Crippen LogP) is 2.75. The van der Waals surface area contributed by atoms with Crippen molar-refractivity contribution in [1.82, 2.24) is 4.90 Å². The molecule has 1 aliphatic heterocycles. The third-order valence-corrected chi connectivity index (χ3v) is 4.03. The molecule has 1 unspecified atom stereocenters. The van der Waals surface area contributed by atoms with Gasteiger partial charge in [-0.15, -0.1) is 0 Å². The van der Waals surface area contributed by atoms with Crippen LogP contribution < -0.4 is 0 Å². The maximum absolute atomic E-state index is 11.1. The van der Waals surface area contributed by atoms with E-state index in [0.717, 1.165) is 25.9 Å². The number of aliphatic carboxylic acids is 1. The molecule has 0 saturated carbocycles.